The lowest BCUT2D eigenvalue weighted by Gasteiger charge is -2.64. The molecule has 0 aromatic rings. The van der Waals surface area contributed by atoms with Crippen LogP contribution in [0.5, 0.6) is 0 Å². The van der Waals surface area contributed by atoms with Crippen LogP contribution in [0.1, 0.15) is 72.1 Å². The number of hydrogen-bond acceptors (Lipinski definition) is 4. The van der Waals surface area contributed by atoms with Crippen LogP contribution in [0, 0.1) is 64.6 Å². The first kappa shape index (κ1) is 23.1. The molecule has 4 aliphatic carbocycles. The topological polar surface area (TPSA) is 98.0 Å². The lowest BCUT2D eigenvalue weighted by molar-refractivity contribution is -0.215. The van der Waals surface area contributed by atoms with Crippen molar-refractivity contribution in [2.45, 2.75) is 90.4 Å². The van der Waals surface area contributed by atoms with Crippen molar-refractivity contribution in [2.75, 3.05) is 0 Å². The van der Waals surface area contributed by atoms with E-state index in [1.54, 1.807) is 0 Å². The molecule has 0 bridgehead atoms. The molecule has 0 aliphatic heterocycles. The van der Waals surface area contributed by atoms with Crippen LogP contribution in [0.15, 0.2) is 0 Å². The molecule has 0 aromatic heterocycles. The summed E-state index contributed by atoms with van der Waals surface area (Å²) < 4.78 is 0. The van der Waals surface area contributed by atoms with Crippen LogP contribution in [0.4, 0.5) is 0 Å². The second-order valence-electron chi connectivity index (χ2n) is 11.7. The van der Waals surface area contributed by atoms with Gasteiger partial charge in [-0.25, -0.2) is 0 Å². The summed E-state index contributed by atoms with van der Waals surface area (Å²) in [5.74, 6) is 3.32. The number of aliphatic hydroxyl groups is 3. The number of fused-ring (bicyclic) bond motifs is 5. The standard InChI is InChI=1S/C26H40O5/c1-5-15-10-17(27)11-16-12-21(28)24-19-8-7-18(14(2)6-9-23(30)31)26(19,4)22(29)13-20(24)25(15,16)3/h1,14-22,24,27-29H,6-13H2,2-4H3,(H,30,31)/t14-,15?,16+,17-,18-,19?,20?,21-,22+,24?,25+,26-/m1/s1. The molecule has 4 N–H and O–H groups in total. The van der Waals surface area contributed by atoms with Crippen molar-refractivity contribution in [3.63, 3.8) is 0 Å². The van der Waals surface area contributed by atoms with Crippen LogP contribution in [0.25, 0.3) is 0 Å². The van der Waals surface area contributed by atoms with Crippen molar-refractivity contribution < 1.29 is 25.2 Å². The summed E-state index contributed by atoms with van der Waals surface area (Å²) in [6, 6.07) is 0. The quantitative estimate of drug-likeness (QED) is 0.511. The van der Waals surface area contributed by atoms with E-state index < -0.39 is 24.3 Å². The maximum absolute atomic E-state index is 11.6. The summed E-state index contributed by atoms with van der Waals surface area (Å²) in [6.07, 6.45) is 9.98. The molecule has 4 saturated carbocycles. The third kappa shape index (κ3) is 3.36. The third-order valence-corrected chi connectivity index (χ3v) is 10.7. The highest BCUT2D eigenvalue weighted by molar-refractivity contribution is 5.66. The Labute approximate surface area is 186 Å². The number of hydrogen-bond donors (Lipinski definition) is 4. The van der Waals surface area contributed by atoms with Crippen LogP contribution >= 0.6 is 0 Å². The van der Waals surface area contributed by atoms with E-state index in [1.807, 2.05) is 0 Å². The average Bonchev–Trinajstić information content (AvgIpc) is 3.06. The molecular weight excluding hydrogens is 392 g/mol. The Kier molecular flexibility index (Phi) is 5.99. The first-order valence-electron chi connectivity index (χ1n) is 12.3. The number of rotatable bonds is 4. The molecule has 0 amide bonds. The Morgan fingerprint density at radius 3 is 2.42 bits per heavy atom. The number of carboxylic acids is 1. The fraction of sp³-hybridized carbons (Fsp3) is 0.885. The molecular formula is C26H40O5. The minimum Gasteiger partial charge on any atom is -0.481 e. The largest absolute Gasteiger partial charge is 0.481 e. The monoisotopic (exact) mass is 432 g/mol. The predicted octanol–water partition coefficient (Wildman–Crippen LogP) is 3.31. The fourth-order valence-electron chi connectivity index (χ4n) is 9.04. The van der Waals surface area contributed by atoms with Gasteiger partial charge in [0.1, 0.15) is 0 Å². The van der Waals surface area contributed by atoms with E-state index in [0.29, 0.717) is 32.1 Å². The minimum absolute atomic E-state index is 0.0375. The lowest BCUT2D eigenvalue weighted by atomic mass is 9.41. The van der Waals surface area contributed by atoms with Crippen molar-refractivity contribution in [1.29, 1.82) is 0 Å². The normalized spacial score (nSPS) is 52.4. The van der Waals surface area contributed by atoms with Crippen molar-refractivity contribution in [3.05, 3.63) is 0 Å². The Bertz CT molecular complexity index is 745. The summed E-state index contributed by atoms with van der Waals surface area (Å²) in [5, 5.41) is 42.5. The highest BCUT2D eigenvalue weighted by atomic mass is 16.4. The van der Waals surface area contributed by atoms with Crippen LogP contribution in [0.3, 0.4) is 0 Å². The van der Waals surface area contributed by atoms with E-state index in [0.717, 1.165) is 12.8 Å². The molecule has 4 rings (SSSR count). The zero-order valence-electron chi connectivity index (χ0n) is 19.2. The lowest BCUT2D eigenvalue weighted by Crippen LogP contribution is -2.64. The van der Waals surface area contributed by atoms with Crippen LogP contribution in [0.2, 0.25) is 0 Å². The second kappa shape index (κ2) is 8.04. The SMILES string of the molecule is C#CC1C[C@@H](O)C[C@H]2C[C@@H](O)C3C(C[C@H](O)[C@@]4(C)C3CC[C@@H]4[C@H](C)CCC(=O)O)[C@@]12C. The number of terminal acetylenes is 1. The number of carboxylic acid groups (broad SMARTS) is 1. The van der Waals surface area contributed by atoms with Gasteiger partial charge in [-0.05, 0) is 91.3 Å². The van der Waals surface area contributed by atoms with Crippen molar-refractivity contribution in [3.8, 4) is 12.3 Å². The van der Waals surface area contributed by atoms with Crippen molar-refractivity contribution in [1.82, 2.24) is 0 Å². The molecule has 31 heavy (non-hydrogen) atoms. The van der Waals surface area contributed by atoms with Crippen molar-refractivity contribution in [2.24, 2.45) is 52.3 Å². The molecule has 0 aromatic carbocycles. The molecule has 4 unspecified atom stereocenters. The third-order valence-electron chi connectivity index (χ3n) is 10.7. The van der Waals surface area contributed by atoms with E-state index in [2.05, 4.69) is 26.7 Å². The second-order valence-corrected chi connectivity index (χ2v) is 11.7. The Balaban J connectivity index is 1.66. The van der Waals surface area contributed by atoms with Gasteiger partial charge in [0.2, 0.25) is 0 Å². The summed E-state index contributed by atoms with van der Waals surface area (Å²) in [4.78, 5) is 11.1. The molecule has 0 heterocycles. The molecule has 0 saturated heterocycles. The van der Waals surface area contributed by atoms with E-state index >= 15 is 0 Å². The van der Waals surface area contributed by atoms with Gasteiger partial charge >= 0.3 is 5.97 Å². The first-order chi connectivity index (χ1) is 14.5. The molecule has 5 nitrogen and oxygen atoms in total. The zero-order chi connectivity index (χ0) is 22.7. The maximum Gasteiger partial charge on any atom is 0.303 e. The molecule has 4 aliphatic rings. The molecule has 12 atom stereocenters. The van der Waals surface area contributed by atoms with E-state index in [9.17, 15) is 20.1 Å². The van der Waals surface area contributed by atoms with Crippen LogP contribution < -0.4 is 0 Å². The van der Waals surface area contributed by atoms with Gasteiger partial charge in [0, 0.05) is 12.3 Å². The van der Waals surface area contributed by atoms with Crippen LogP contribution in [-0.2, 0) is 4.79 Å². The molecule has 0 spiro atoms. The summed E-state index contributed by atoms with van der Waals surface area (Å²) in [7, 11) is 0. The highest BCUT2D eigenvalue weighted by Crippen LogP contribution is 2.69. The van der Waals surface area contributed by atoms with Gasteiger partial charge in [-0.1, -0.05) is 20.8 Å². The average molecular weight is 433 g/mol. The minimum atomic E-state index is -0.766. The number of aliphatic carboxylic acids is 1. The number of carbonyl (C=O) groups is 1. The van der Waals surface area contributed by atoms with Gasteiger partial charge in [-0.3, -0.25) is 4.79 Å². The van der Waals surface area contributed by atoms with E-state index in [4.69, 9.17) is 11.5 Å². The van der Waals surface area contributed by atoms with Gasteiger partial charge in [0.25, 0.3) is 0 Å². The Morgan fingerprint density at radius 2 is 1.77 bits per heavy atom. The predicted molar refractivity (Wildman–Crippen MR) is 118 cm³/mol. The van der Waals surface area contributed by atoms with Gasteiger partial charge in [-0.15, -0.1) is 12.3 Å². The smallest absolute Gasteiger partial charge is 0.303 e. The molecule has 0 radical (unpaired) electrons. The Morgan fingerprint density at radius 1 is 1.06 bits per heavy atom. The Hall–Kier alpha value is -1.09. The van der Waals surface area contributed by atoms with Crippen LogP contribution in [-0.4, -0.2) is 44.7 Å². The molecule has 5 heteroatoms. The summed E-state index contributed by atoms with van der Waals surface area (Å²) >= 11 is 0. The van der Waals surface area contributed by atoms with E-state index in [-0.39, 0.29) is 58.7 Å². The zero-order valence-corrected chi connectivity index (χ0v) is 19.2. The van der Waals surface area contributed by atoms with Gasteiger partial charge in [0.05, 0.1) is 18.3 Å². The van der Waals surface area contributed by atoms with E-state index in [1.165, 1.54) is 0 Å². The van der Waals surface area contributed by atoms with Gasteiger partial charge < -0.3 is 20.4 Å². The van der Waals surface area contributed by atoms with Crippen molar-refractivity contribution >= 4 is 5.97 Å². The summed E-state index contributed by atoms with van der Waals surface area (Å²) in [6.45, 7) is 6.58. The molecule has 4 fully saturated rings. The summed E-state index contributed by atoms with van der Waals surface area (Å²) in [5.41, 5.74) is -0.476. The molecule has 174 valence electrons. The maximum atomic E-state index is 11.6. The van der Waals surface area contributed by atoms with Gasteiger partial charge in [0.15, 0.2) is 0 Å². The first-order valence-corrected chi connectivity index (χ1v) is 12.3. The van der Waals surface area contributed by atoms with Gasteiger partial charge in [-0.2, -0.15) is 0 Å². The number of aliphatic hydroxyl groups excluding tert-OH is 3. The fourth-order valence-corrected chi connectivity index (χ4v) is 9.04. The highest BCUT2D eigenvalue weighted by Gasteiger charge is 2.67.